The van der Waals surface area contributed by atoms with Crippen molar-refractivity contribution >= 4 is 19.7 Å². The highest BCUT2D eigenvalue weighted by atomic mass is 31.2. The van der Waals surface area contributed by atoms with Crippen LogP contribution in [0.1, 0.15) is 213 Å². The van der Waals surface area contributed by atoms with Crippen molar-refractivity contribution in [1.29, 1.82) is 0 Å². The van der Waals surface area contributed by atoms with Gasteiger partial charge >= 0.3 is 5.97 Å². The summed E-state index contributed by atoms with van der Waals surface area (Å²) < 4.78 is 30.1. The van der Waals surface area contributed by atoms with Crippen molar-refractivity contribution in [3.63, 3.8) is 0 Å². The molecule has 0 bridgehead atoms. The minimum absolute atomic E-state index is 0.0478. The van der Waals surface area contributed by atoms with Gasteiger partial charge in [-0.1, -0.05) is 213 Å². The van der Waals surface area contributed by atoms with E-state index in [4.69, 9.17) is 13.8 Å². The van der Waals surface area contributed by atoms with Gasteiger partial charge in [0.15, 0.2) is 0 Å². The summed E-state index contributed by atoms with van der Waals surface area (Å²) >= 11 is 0. The van der Waals surface area contributed by atoms with E-state index < -0.39 is 32.5 Å². The first-order valence-electron chi connectivity index (χ1n) is 28.8. The van der Waals surface area contributed by atoms with Crippen LogP contribution >= 0.6 is 7.82 Å². The number of phosphoric acid groups is 1. The Bertz CT molecular complexity index is 1660. The van der Waals surface area contributed by atoms with Crippen molar-refractivity contribution in [2.24, 2.45) is 0 Å². The Hall–Kier alpha value is -3.59. The number of amides is 1. The summed E-state index contributed by atoms with van der Waals surface area (Å²) in [5.74, 6) is -0.685. The fourth-order valence-corrected chi connectivity index (χ4v) is 8.15. The first-order chi connectivity index (χ1) is 35.4. The van der Waals surface area contributed by atoms with Gasteiger partial charge in [-0.15, -0.1) is 0 Å². The third-order valence-electron chi connectivity index (χ3n) is 11.9. The largest absolute Gasteiger partial charge is 0.756 e. The highest BCUT2D eigenvalue weighted by molar-refractivity contribution is 7.45. The first kappa shape index (κ1) is 69.4. The van der Waals surface area contributed by atoms with Crippen molar-refractivity contribution in [3.8, 4) is 0 Å². The molecule has 1 N–H and O–H groups in total. The monoisotopic (exact) mass is 1030 g/mol. The van der Waals surface area contributed by atoms with Gasteiger partial charge in [-0.3, -0.25) is 14.2 Å². The third kappa shape index (κ3) is 53.1. The highest BCUT2D eigenvalue weighted by Gasteiger charge is 2.27. The van der Waals surface area contributed by atoms with Gasteiger partial charge in [0, 0.05) is 12.8 Å². The van der Waals surface area contributed by atoms with Gasteiger partial charge in [-0.2, -0.15) is 0 Å². The summed E-state index contributed by atoms with van der Waals surface area (Å²) in [6.45, 7) is 6.59. The summed E-state index contributed by atoms with van der Waals surface area (Å²) in [5.41, 5.74) is 0. The number of hydrogen-bond donors (Lipinski definition) is 1. The molecule has 3 atom stereocenters. The minimum atomic E-state index is -4.73. The number of likely N-dealkylation sites (N-methyl/N-ethyl adjacent to an activating group) is 1. The number of rotatable bonds is 50. The molecule has 0 heterocycles. The second kappa shape index (κ2) is 51.9. The van der Waals surface area contributed by atoms with Crippen LogP contribution < -0.4 is 10.2 Å². The van der Waals surface area contributed by atoms with E-state index in [-0.39, 0.29) is 25.4 Å². The van der Waals surface area contributed by atoms with Crippen LogP contribution in [-0.2, 0) is 27.9 Å². The molecular weight excluding hydrogens is 928 g/mol. The molecule has 10 heteroatoms. The van der Waals surface area contributed by atoms with Crippen molar-refractivity contribution in [3.05, 3.63) is 122 Å². The van der Waals surface area contributed by atoms with Crippen LogP contribution in [0.5, 0.6) is 0 Å². The van der Waals surface area contributed by atoms with Gasteiger partial charge in [0.05, 0.1) is 33.8 Å². The maximum atomic E-state index is 13.5. The van der Waals surface area contributed by atoms with E-state index in [0.29, 0.717) is 30.3 Å². The molecule has 0 aliphatic rings. The van der Waals surface area contributed by atoms with Crippen LogP contribution in [0.4, 0.5) is 0 Å². The topological polar surface area (TPSA) is 114 Å². The third-order valence-corrected chi connectivity index (χ3v) is 12.8. The van der Waals surface area contributed by atoms with Gasteiger partial charge < -0.3 is 28.5 Å². The smallest absolute Gasteiger partial charge is 0.306 e. The molecule has 0 aromatic carbocycles. The average molecular weight is 1040 g/mol. The second-order valence-electron chi connectivity index (χ2n) is 20.1. The minimum Gasteiger partial charge on any atom is -0.756 e. The van der Waals surface area contributed by atoms with Gasteiger partial charge in [0.1, 0.15) is 19.3 Å². The fraction of sp³-hybridized carbons (Fsp3) is 0.651. The maximum absolute atomic E-state index is 13.5. The summed E-state index contributed by atoms with van der Waals surface area (Å²) in [7, 11) is 1.10. The number of nitrogens with zero attached hydrogens (tertiary/aromatic N) is 1. The Labute approximate surface area is 448 Å². The summed E-state index contributed by atoms with van der Waals surface area (Å²) in [6.07, 6.45) is 71.8. The predicted molar refractivity (Wildman–Crippen MR) is 311 cm³/mol. The zero-order valence-electron chi connectivity index (χ0n) is 47.3. The molecule has 0 radical (unpaired) electrons. The molecule has 9 nitrogen and oxygen atoms in total. The van der Waals surface area contributed by atoms with E-state index in [9.17, 15) is 19.0 Å². The van der Waals surface area contributed by atoms with E-state index >= 15 is 0 Å². The standard InChI is InChI=1S/C63H107N2O7P/c1-7-10-13-16-19-22-25-28-30-32-34-37-40-43-46-49-52-55-62(66)64-60(59-71-73(68,69)70-58-57-65(4,5)6)61(54-51-48-45-42-39-36-27-24-21-18-15-12-9-3)72-63(67)56-53-50-47-44-41-38-35-33-31-29-26-23-20-17-14-11-8-2/h10,13,19-20,22-23,28-31,34-35,37-38,43-44,46-47,51,54,60-61H,7-9,11-12,14-18,21,24-27,32-33,36,39-42,45,48-50,52-53,55-59H2,1-6H3,(H-,64,66,68,69)/b13-10-,22-19-,23-20-,30-28-,31-29-,37-34-,38-35-,46-43-,47-44-,54-51+. The number of unbranched alkanes of at least 4 members (excludes halogenated alkanes) is 16. The molecule has 0 saturated carbocycles. The molecule has 73 heavy (non-hydrogen) atoms. The number of esters is 1. The molecule has 0 aromatic rings. The number of carbonyl (C=O) groups excluding carboxylic acids is 2. The van der Waals surface area contributed by atoms with Crippen LogP contribution in [0.2, 0.25) is 0 Å². The van der Waals surface area contributed by atoms with Crippen molar-refractivity contribution in [1.82, 2.24) is 5.32 Å². The number of quaternary nitrogens is 1. The lowest BCUT2D eigenvalue weighted by Crippen LogP contribution is -2.47. The lowest BCUT2D eigenvalue weighted by molar-refractivity contribution is -0.870. The van der Waals surface area contributed by atoms with Crippen LogP contribution in [0, 0.1) is 0 Å². The molecule has 3 unspecified atom stereocenters. The van der Waals surface area contributed by atoms with E-state index in [2.05, 4.69) is 135 Å². The van der Waals surface area contributed by atoms with Gasteiger partial charge in [0.25, 0.3) is 7.82 Å². The number of allylic oxidation sites excluding steroid dienone is 19. The van der Waals surface area contributed by atoms with Crippen molar-refractivity contribution in [2.45, 2.75) is 226 Å². The van der Waals surface area contributed by atoms with E-state index in [0.717, 1.165) is 77.0 Å². The molecule has 0 saturated heterocycles. The van der Waals surface area contributed by atoms with Gasteiger partial charge in [0.2, 0.25) is 5.91 Å². The van der Waals surface area contributed by atoms with Crippen LogP contribution in [0.15, 0.2) is 122 Å². The zero-order chi connectivity index (χ0) is 53.6. The molecule has 0 fully saturated rings. The molecule has 1 amide bonds. The average Bonchev–Trinajstić information content (AvgIpc) is 3.35. The van der Waals surface area contributed by atoms with Crippen LogP contribution in [0.3, 0.4) is 0 Å². The Balaban J connectivity index is 5.57. The zero-order valence-corrected chi connectivity index (χ0v) is 48.2. The van der Waals surface area contributed by atoms with E-state index in [1.165, 1.54) is 83.5 Å². The number of hydrogen-bond acceptors (Lipinski definition) is 7. The molecule has 0 aliphatic heterocycles. The SMILES string of the molecule is CC/C=C\C/C=C\C/C=C\C/C=C\C/C=C\CCCC(=O)NC(COP(=O)([O-])OCC[N+](C)(C)C)C(/C=C/CCCCCCCCCCCCC)OC(=O)CCC/C=C\C/C=C\C/C=C\C/C=C\CCCCC. The summed E-state index contributed by atoms with van der Waals surface area (Å²) in [4.78, 5) is 39.8. The molecule has 0 rings (SSSR count). The number of phosphoric ester groups is 1. The van der Waals surface area contributed by atoms with Gasteiger partial charge in [-0.25, -0.2) is 0 Å². The second-order valence-corrected chi connectivity index (χ2v) is 21.5. The summed E-state index contributed by atoms with van der Waals surface area (Å²) in [5, 5.41) is 2.97. The van der Waals surface area contributed by atoms with Crippen LogP contribution in [0.25, 0.3) is 0 Å². The Morgan fingerprint density at radius 3 is 1.34 bits per heavy atom. The quantitative estimate of drug-likeness (QED) is 0.0212. The molecule has 0 spiro atoms. The molecule has 416 valence electrons. The lowest BCUT2D eigenvalue weighted by Gasteiger charge is -2.30. The number of nitrogens with one attached hydrogen (secondary N) is 1. The lowest BCUT2D eigenvalue weighted by atomic mass is 10.0. The van der Waals surface area contributed by atoms with Crippen molar-refractivity contribution < 1.29 is 37.3 Å². The summed E-state index contributed by atoms with van der Waals surface area (Å²) in [6, 6.07) is -0.948. The predicted octanol–water partition coefficient (Wildman–Crippen LogP) is 16.9. The van der Waals surface area contributed by atoms with Crippen molar-refractivity contribution in [2.75, 3.05) is 40.9 Å². The Morgan fingerprint density at radius 2 is 0.877 bits per heavy atom. The molecule has 0 aromatic heterocycles. The Morgan fingerprint density at radius 1 is 0.493 bits per heavy atom. The van der Waals surface area contributed by atoms with E-state index in [1.54, 1.807) is 6.08 Å². The van der Waals surface area contributed by atoms with Crippen LogP contribution in [-0.4, -0.2) is 69.4 Å². The molecule has 0 aliphatic carbocycles. The normalized spacial score (nSPS) is 14.7. The fourth-order valence-electron chi connectivity index (χ4n) is 7.43. The highest BCUT2D eigenvalue weighted by Crippen LogP contribution is 2.38. The molecular formula is C63H107N2O7P. The number of carbonyl (C=O) groups is 2. The van der Waals surface area contributed by atoms with Gasteiger partial charge in [-0.05, 0) is 109 Å². The van der Waals surface area contributed by atoms with E-state index in [1.807, 2.05) is 27.2 Å². The maximum Gasteiger partial charge on any atom is 0.306 e. The Kier molecular flexibility index (Phi) is 49.3. The first-order valence-corrected chi connectivity index (χ1v) is 30.3. The number of ether oxygens (including phenoxy) is 1.